The first-order valence-electron chi connectivity index (χ1n) is 6.26. The van der Waals surface area contributed by atoms with Crippen LogP contribution in [0.1, 0.15) is 18.9 Å². The summed E-state index contributed by atoms with van der Waals surface area (Å²) < 4.78 is 5.42. The number of hydrogen-bond donors (Lipinski definition) is 1. The smallest absolute Gasteiger partial charge is 0.0994 e. The maximum atomic E-state index is 10.5. The van der Waals surface area contributed by atoms with Crippen molar-refractivity contribution in [1.82, 2.24) is 4.90 Å². The summed E-state index contributed by atoms with van der Waals surface area (Å²) >= 11 is 0. The molecule has 0 radical (unpaired) electrons. The summed E-state index contributed by atoms with van der Waals surface area (Å²) in [4.78, 5) is 2.28. The first-order valence-corrected chi connectivity index (χ1v) is 6.26. The van der Waals surface area contributed by atoms with Gasteiger partial charge in [0.15, 0.2) is 0 Å². The largest absolute Gasteiger partial charge is 0.384 e. The molecule has 1 aromatic carbocycles. The zero-order valence-corrected chi connectivity index (χ0v) is 10.4. The number of rotatable bonds is 3. The van der Waals surface area contributed by atoms with Gasteiger partial charge in [0.1, 0.15) is 0 Å². The van der Waals surface area contributed by atoms with Crippen LogP contribution in [-0.4, -0.2) is 42.9 Å². The van der Waals surface area contributed by atoms with Crippen molar-refractivity contribution < 1.29 is 9.84 Å². The Kier molecular flexibility index (Phi) is 4.15. The highest BCUT2D eigenvalue weighted by Crippen LogP contribution is 2.21. The average molecular weight is 235 g/mol. The molecule has 1 aliphatic heterocycles. The van der Waals surface area contributed by atoms with E-state index in [1.807, 2.05) is 37.3 Å². The molecule has 1 unspecified atom stereocenters. The van der Waals surface area contributed by atoms with E-state index in [-0.39, 0.29) is 0 Å². The van der Waals surface area contributed by atoms with Crippen molar-refractivity contribution in [2.45, 2.75) is 18.9 Å². The Hall–Kier alpha value is -0.900. The Labute approximate surface area is 103 Å². The highest BCUT2D eigenvalue weighted by atomic mass is 16.5. The number of β-amino-alcohol motifs (C(OH)–C–C–N with tert-alkyl or cyclic N) is 1. The predicted octanol–water partition coefficient (Wildman–Crippen LogP) is 1.62. The van der Waals surface area contributed by atoms with E-state index in [0.717, 1.165) is 38.3 Å². The molecule has 2 rings (SSSR count). The summed E-state index contributed by atoms with van der Waals surface area (Å²) in [6, 6.07) is 9.87. The minimum absolute atomic E-state index is 0.667. The molecule has 0 saturated carbocycles. The normalized spacial score (nSPS) is 21.8. The molecule has 1 N–H and O–H groups in total. The van der Waals surface area contributed by atoms with Gasteiger partial charge in [0.25, 0.3) is 0 Å². The van der Waals surface area contributed by atoms with Gasteiger partial charge in [0.2, 0.25) is 0 Å². The Bertz CT molecular complexity index is 329. The van der Waals surface area contributed by atoms with E-state index < -0.39 is 5.60 Å². The van der Waals surface area contributed by atoms with Gasteiger partial charge < -0.3 is 9.84 Å². The molecule has 0 aromatic heterocycles. The third-order valence-electron chi connectivity index (χ3n) is 3.24. The Morgan fingerprint density at radius 2 is 2.00 bits per heavy atom. The quantitative estimate of drug-likeness (QED) is 0.864. The molecule has 1 aliphatic rings. The topological polar surface area (TPSA) is 32.7 Å². The maximum absolute atomic E-state index is 10.5. The molecule has 1 heterocycles. The van der Waals surface area contributed by atoms with Crippen LogP contribution >= 0.6 is 0 Å². The summed E-state index contributed by atoms with van der Waals surface area (Å²) in [5.41, 5.74) is 0.191. The van der Waals surface area contributed by atoms with Crippen molar-refractivity contribution in [3.05, 3.63) is 35.9 Å². The second-order valence-electron chi connectivity index (χ2n) is 4.88. The van der Waals surface area contributed by atoms with Crippen LogP contribution in [0.2, 0.25) is 0 Å². The second kappa shape index (κ2) is 5.63. The molecule has 0 bridgehead atoms. The van der Waals surface area contributed by atoms with Gasteiger partial charge >= 0.3 is 0 Å². The number of hydrogen-bond acceptors (Lipinski definition) is 3. The van der Waals surface area contributed by atoms with Crippen LogP contribution in [0.4, 0.5) is 0 Å². The summed E-state index contributed by atoms with van der Waals surface area (Å²) in [6.45, 7) is 6.06. The molecule has 3 nitrogen and oxygen atoms in total. The van der Waals surface area contributed by atoms with Crippen LogP contribution in [0.3, 0.4) is 0 Å². The average Bonchev–Trinajstić information content (AvgIpc) is 2.58. The van der Waals surface area contributed by atoms with Crippen LogP contribution < -0.4 is 0 Å². The fourth-order valence-corrected chi connectivity index (χ4v) is 2.28. The number of benzene rings is 1. The van der Waals surface area contributed by atoms with Crippen molar-refractivity contribution in [3.8, 4) is 0 Å². The Morgan fingerprint density at radius 1 is 1.24 bits per heavy atom. The third kappa shape index (κ3) is 3.53. The molecular formula is C14H21NO2. The van der Waals surface area contributed by atoms with Gasteiger partial charge in [-0.1, -0.05) is 30.3 Å². The lowest BCUT2D eigenvalue weighted by Gasteiger charge is -2.30. The number of nitrogens with zero attached hydrogens (tertiary/aromatic N) is 1. The second-order valence-corrected chi connectivity index (χ2v) is 4.88. The lowest BCUT2D eigenvalue weighted by molar-refractivity contribution is 0.0152. The summed E-state index contributed by atoms with van der Waals surface area (Å²) in [5.74, 6) is 0. The van der Waals surface area contributed by atoms with Crippen molar-refractivity contribution in [2.24, 2.45) is 0 Å². The van der Waals surface area contributed by atoms with E-state index in [9.17, 15) is 5.11 Å². The number of aliphatic hydroxyl groups is 1. The lowest BCUT2D eigenvalue weighted by atomic mass is 9.95. The molecule has 3 heteroatoms. The van der Waals surface area contributed by atoms with E-state index in [1.165, 1.54) is 0 Å². The van der Waals surface area contributed by atoms with Crippen LogP contribution in [0.25, 0.3) is 0 Å². The summed E-state index contributed by atoms with van der Waals surface area (Å²) in [5, 5.41) is 10.5. The van der Waals surface area contributed by atoms with Gasteiger partial charge in [-0.2, -0.15) is 0 Å². The first-order chi connectivity index (χ1) is 8.18. The zero-order chi connectivity index (χ0) is 12.1. The lowest BCUT2D eigenvalue weighted by Crippen LogP contribution is -2.40. The van der Waals surface area contributed by atoms with Gasteiger partial charge in [0, 0.05) is 26.2 Å². The van der Waals surface area contributed by atoms with E-state index in [4.69, 9.17) is 4.74 Å². The maximum Gasteiger partial charge on any atom is 0.0994 e. The number of ether oxygens (including phenoxy) is 1. The standard InChI is InChI=1S/C14H21NO2/c1-14(16,13-6-3-2-4-7-13)12-15-8-5-10-17-11-9-15/h2-4,6-7,16H,5,8-12H2,1H3. The van der Waals surface area contributed by atoms with Crippen LogP contribution in [0.5, 0.6) is 0 Å². The Balaban J connectivity index is 2.01. The molecule has 1 saturated heterocycles. The van der Waals surface area contributed by atoms with Gasteiger partial charge in [-0.25, -0.2) is 0 Å². The van der Waals surface area contributed by atoms with E-state index in [1.54, 1.807) is 0 Å². The molecule has 0 aliphatic carbocycles. The molecule has 0 spiro atoms. The van der Waals surface area contributed by atoms with E-state index in [0.29, 0.717) is 6.54 Å². The van der Waals surface area contributed by atoms with E-state index in [2.05, 4.69) is 4.90 Å². The van der Waals surface area contributed by atoms with Crippen LogP contribution in [0.15, 0.2) is 30.3 Å². The molecule has 94 valence electrons. The third-order valence-corrected chi connectivity index (χ3v) is 3.24. The molecule has 17 heavy (non-hydrogen) atoms. The molecule has 1 aromatic rings. The van der Waals surface area contributed by atoms with Crippen molar-refractivity contribution >= 4 is 0 Å². The van der Waals surface area contributed by atoms with Crippen molar-refractivity contribution in [2.75, 3.05) is 32.8 Å². The van der Waals surface area contributed by atoms with Gasteiger partial charge in [-0.05, 0) is 18.9 Å². The van der Waals surface area contributed by atoms with Crippen molar-refractivity contribution in [3.63, 3.8) is 0 Å². The van der Waals surface area contributed by atoms with Gasteiger partial charge in [-0.3, -0.25) is 4.90 Å². The Morgan fingerprint density at radius 3 is 2.76 bits per heavy atom. The zero-order valence-electron chi connectivity index (χ0n) is 10.4. The van der Waals surface area contributed by atoms with Crippen molar-refractivity contribution in [1.29, 1.82) is 0 Å². The van der Waals surface area contributed by atoms with Gasteiger partial charge in [0.05, 0.1) is 12.2 Å². The fraction of sp³-hybridized carbons (Fsp3) is 0.571. The minimum Gasteiger partial charge on any atom is -0.384 e. The van der Waals surface area contributed by atoms with Crippen LogP contribution in [-0.2, 0) is 10.3 Å². The summed E-state index contributed by atoms with van der Waals surface area (Å²) in [6.07, 6.45) is 1.05. The molecule has 0 amide bonds. The molecule has 1 fully saturated rings. The minimum atomic E-state index is -0.786. The monoisotopic (exact) mass is 235 g/mol. The predicted molar refractivity (Wildman–Crippen MR) is 67.9 cm³/mol. The first kappa shape index (κ1) is 12.6. The molecule has 1 atom stereocenters. The van der Waals surface area contributed by atoms with E-state index >= 15 is 0 Å². The highest BCUT2D eigenvalue weighted by Gasteiger charge is 2.26. The SMILES string of the molecule is CC(O)(CN1CCCOCC1)c1ccccc1. The van der Waals surface area contributed by atoms with Crippen LogP contribution in [0, 0.1) is 0 Å². The fourth-order valence-electron chi connectivity index (χ4n) is 2.28. The summed E-state index contributed by atoms with van der Waals surface area (Å²) in [7, 11) is 0. The highest BCUT2D eigenvalue weighted by molar-refractivity contribution is 5.21. The van der Waals surface area contributed by atoms with Gasteiger partial charge in [-0.15, -0.1) is 0 Å². The molecular weight excluding hydrogens is 214 g/mol.